The Hall–Kier alpha value is -3.16. The third-order valence-electron chi connectivity index (χ3n) is 6.17. The number of halogens is 2. The van der Waals surface area contributed by atoms with Crippen molar-refractivity contribution in [2.75, 3.05) is 23.3 Å². The van der Waals surface area contributed by atoms with Crippen LogP contribution in [0.15, 0.2) is 48.7 Å². The maximum Gasteiger partial charge on any atom is 0.228 e. The summed E-state index contributed by atoms with van der Waals surface area (Å²) in [4.78, 5) is 24.0. The van der Waals surface area contributed by atoms with Gasteiger partial charge in [0.2, 0.25) is 5.91 Å². The molecule has 1 fully saturated rings. The lowest BCUT2D eigenvalue weighted by molar-refractivity contribution is -0.120. The summed E-state index contributed by atoms with van der Waals surface area (Å²) in [5, 5.41) is 8.96. The van der Waals surface area contributed by atoms with E-state index in [1.165, 1.54) is 6.20 Å². The number of rotatable bonds is 4. The molecule has 1 aromatic carbocycles. The molecule has 0 saturated carbocycles. The molecule has 1 aliphatic heterocycles. The fourth-order valence-corrected chi connectivity index (χ4v) is 4.69. The smallest absolute Gasteiger partial charge is 0.228 e. The Morgan fingerprint density at radius 3 is 2.41 bits per heavy atom. The number of hydrogen-bond donors (Lipinski definition) is 1. The minimum atomic E-state index is -0.0730. The first-order valence-corrected chi connectivity index (χ1v) is 11.9. The zero-order valence-corrected chi connectivity index (χ0v) is 20.4. The number of nitrogens with zero attached hydrogens (tertiary/aromatic N) is 5. The minimum absolute atomic E-state index is 0.00881. The maximum absolute atomic E-state index is 12.8. The van der Waals surface area contributed by atoms with Crippen molar-refractivity contribution in [3.05, 3.63) is 70.1 Å². The largest absolute Gasteiger partial charge is 0.356 e. The molecule has 7 nitrogen and oxygen atoms in total. The van der Waals surface area contributed by atoms with Gasteiger partial charge < -0.3 is 10.2 Å². The van der Waals surface area contributed by atoms with Gasteiger partial charge in [-0.3, -0.25) is 4.79 Å². The second-order valence-corrected chi connectivity index (χ2v) is 9.44. The van der Waals surface area contributed by atoms with Crippen LogP contribution in [-0.4, -0.2) is 38.6 Å². The Kier molecular flexibility index (Phi) is 6.15. The molecule has 0 atom stereocenters. The Bertz CT molecular complexity index is 1340. The van der Waals surface area contributed by atoms with Crippen molar-refractivity contribution in [3.8, 4) is 11.1 Å². The average molecular weight is 495 g/mol. The van der Waals surface area contributed by atoms with Crippen LogP contribution in [0.2, 0.25) is 10.0 Å². The Morgan fingerprint density at radius 1 is 1.03 bits per heavy atom. The lowest BCUT2D eigenvalue weighted by Gasteiger charge is -2.33. The molecule has 1 saturated heterocycles. The van der Waals surface area contributed by atoms with Gasteiger partial charge in [-0.1, -0.05) is 35.3 Å². The quantitative estimate of drug-likeness (QED) is 0.401. The number of aromatic nitrogens is 4. The lowest BCUT2D eigenvalue weighted by Crippen LogP contribution is -2.39. The second-order valence-electron chi connectivity index (χ2n) is 8.57. The van der Waals surface area contributed by atoms with Gasteiger partial charge in [-0.2, -0.15) is 9.61 Å². The highest BCUT2D eigenvalue weighted by atomic mass is 35.5. The number of amides is 1. The third kappa shape index (κ3) is 4.45. The van der Waals surface area contributed by atoms with Crippen molar-refractivity contribution < 1.29 is 4.79 Å². The summed E-state index contributed by atoms with van der Waals surface area (Å²) in [6, 6.07) is 13.2. The number of hydrogen-bond acceptors (Lipinski definition) is 5. The van der Waals surface area contributed by atoms with Gasteiger partial charge in [0.1, 0.15) is 11.6 Å². The van der Waals surface area contributed by atoms with Crippen molar-refractivity contribution >= 4 is 46.4 Å². The molecule has 0 bridgehead atoms. The number of anilines is 2. The number of piperidine rings is 1. The molecule has 0 spiro atoms. The van der Waals surface area contributed by atoms with Crippen LogP contribution in [0.5, 0.6) is 0 Å². The molecule has 0 radical (unpaired) electrons. The van der Waals surface area contributed by atoms with Crippen LogP contribution in [0, 0.1) is 19.8 Å². The molecule has 3 aromatic heterocycles. The lowest BCUT2D eigenvalue weighted by atomic mass is 9.96. The van der Waals surface area contributed by atoms with Gasteiger partial charge in [0.15, 0.2) is 5.65 Å². The van der Waals surface area contributed by atoms with E-state index < -0.39 is 0 Å². The summed E-state index contributed by atoms with van der Waals surface area (Å²) < 4.78 is 1.92. The molecule has 5 rings (SSSR count). The van der Waals surface area contributed by atoms with Gasteiger partial charge >= 0.3 is 0 Å². The number of pyridine rings is 1. The fraction of sp³-hybridized carbons (Fsp3) is 0.280. The highest BCUT2D eigenvalue weighted by Crippen LogP contribution is 2.32. The van der Waals surface area contributed by atoms with E-state index in [9.17, 15) is 4.79 Å². The van der Waals surface area contributed by atoms with Crippen LogP contribution < -0.4 is 10.2 Å². The molecule has 4 heterocycles. The van der Waals surface area contributed by atoms with Crippen LogP contribution in [0.1, 0.15) is 24.2 Å². The topological polar surface area (TPSA) is 75.4 Å². The monoisotopic (exact) mass is 494 g/mol. The van der Waals surface area contributed by atoms with Crippen LogP contribution in [0.4, 0.5) is 11.6 Å². The number of aryl methyl sites for hydroxylation is 2. The van der Waals surface area contributed by atoms with E-state index in [1.54, 1.807) is 12.1 Å². The van der Waals surface area contributed by atoms with Crippen molar-refractivity contribution in [3.63, 3.8) is 0 Å². The molecule has 0 unspecified atom stereocenters. The first-order valence-electron chi connectivity index (χ1n) is 11.2. The van der Waals surface area contributed by atoms with Gasteiger partial charge in [0.05, 0.1) is 10.7 Å². The molecule has 1 aliphatic rings. The predicted molar refractivity (Wildman–Crippen MR) is 136 cm³/mol. The zero-order chi connectivity index (χ0) is 23.8. The second kappa shape index (κ2) is 9.24. The standard InChI is InChI=1S/C25H24Cl2N6O/c1-15-13-22(33-24(29-15)23(16(2)31-33)17-3-5-19(26)6-4-17)32-11-9-18(10-12-32)25(34)30-21-8-7-20(27)14-28-21/h3-8,13-14,18H,9-12H2,1-2H3,(H,28,30,34). The molecule has 0 aliphatic carbocycles. The Labute approximate surface area is 207 Å². The summed E-state index contributed by atoms with van der Waals surface area (Å²) in [7, 11) is 0. The predicted octanol–water partition coefficient (Wildman–Crippen LogP) is 5.57. The van der Waals surface area contributed by atoms with E-state index in [-0.39, 0.29) is 11.8 Å². The van der Waals surface area contributed by atoms with E-state index in [4.69, 9.17) is 33.3 Å². The van der Waals surface area contributed by atoms with Gasteiger partial charge in [-0.15, -0.1) is 0 Å². The van der Waals surface area contributed by atoms with E-state index >= 15 is 0 Å². The molecule has 1 amide bonds. The van der Waals surface area contributed by atoms with Crippen molar-refractivity contribution in [1.29, 1.82) is 0 Å². The van der Waals surface area contributed by atoms with Crippen LogP contribution >= 0.6 is 23.2 Å². The number of benzene rings is 1. The van der Waals surface area contributed by atoms with E-state index in [1.807, 2.05) is 42.6 Å². The van der Waals surface area contributed by atoms with Crippen molar-refractivity contribution in [2.45, 2.75) is 26.7 Å². The summed E-state index contributed by atoms with van der Waals surface area (Å²) >= 11 is 12.0. The summed E-state index contributed by atoms with van der Waals surface area (Å²) in [5.41, 5.74) is 4.69. The third-order valence-corrected chi connectivity index (χ3v) is 6.65. The van der Waals surface area contributed by atoms with Gasteiger partial charge in [0, 0.05) is 47.6 Å². The number of carbonyl (C=O) groups is 1. The number of fused-ring (bicyclic) bond motifs is 1. The van der Waals surface area contributed by atoms with Gasteiger partial charge in [-0.05, 0) is 56.5 Å². The van der Waals surface area contributed by atoms with Gasteiger partial charge in [0.25, 0.3) is 0 Å². The molecule has 174 valence electrons. The highest BCUT2D eigenvalue weighted by Gasteiger charge is 2.27. The Morgan fingerprint density at radius 2 is 1.74 bits per heavy atom. The van der Waals surface area contributed by atoms with Crippen molar-refractivity contribution in [1.82, 2.24) is 19.6 Å². The van der Waals surface area contributed by atoms with Crippen molar-refractivity contribution in [2.24, 2.45) is 5.92 Å². The maximum atomic E-state index is 12.8. The minimum Gasteiger partial charge on any atom is -0.356 e. The van der Waals surface area contributed by atoms with Gasteiger partial charge in [-0.25, -0.2) is 9.97 Å². The average Bonchev–Trinajstić information content (AvgIpc) is 3.16. The van der Waals surface area contributed by atoms with Crippen LogP contribution in [0.3, 0.4) is 0 Å². The number of carbonyl (C=O) groups excluding carboxylic acids is 1. The summed E-state index contributed by atoms with van der Waals surface area (Å²) in [5.74, 6) is 1.43. The SMILES string of the molecule is Cc1cc(N2CCC(C(=O)Nc3ccc(Cl)cn3)CC2)n2nc(C)c(-c3ccc(Cl)cc3)c2n1. The first-order chi connectivity index (χ1) is 16.4. The zero-order valence-electron chi connectivity index (χ0n) is 18.9. The number of nitrogens with one attached hydrogen (secondary N) is 1. The first kappa shape index (κ1) is 22.6. The van der Waals surface area contributed by atoms with E-state index in [2.05, 4.69) is 21.3 Å². The molecule has 4 aromatic rings. The molecular weight excluding hydrogens is 471 g/mol. The molecule has 9 heteroatoms. The highest BCUT2D eigenvalue weighted by molar-refractivity contribution is 6.30. The summed E-state index contributed by atoms with van der Waals surface area (Å²) in [6.45, 7) is 5.50. The fourth-order valence-electron chi connectivity index (χ4n) is 4.45. The molecular formula is C25H24Cl2N6O. The van der Waals surface area contributed by atoms with Crippen LogP contribution in [-0.2, 0) is 4.79 Å². The van der Waals surface area contributed by atoms with Crippen LogP contribution in [0.25, 0.3) is 16.8 Å². The normalized spacial score (nSPS) is 14.5. The molecule has 34 heavy (non-hydrogen) atoms. The molecule has 1 N–H and O–H groups in total. The van der Waals surface area contributed by atoms with E-state index in [0.29, 0.717) is 15.9 Å². The van der Waals surface area contributed by atoms with E-state index in [0.717, 1.165) is 59.9 Å². The summed E-state index contributed by atoms with van der Waals surface area (Å²) in [6.07, 6.45) is 3.01. The Balaban J connectivity index is 1.37.